The Kier molecular flexibility index (Phi) is 3.65. The second-order valence-electron chi connectivity index (χ2n) is 4.70. The molecular weight excluding hydrogens is 280 g/mol. The molecule has 3 rings (SSSR count). The lowest BCUT2D eigenvalue weighted by Gasteiger charge is -2.01. The topological polar surface area (TPSA) is 80.6 Å². The molecular formula is C16H14N4O2. The predicted octanol–water partition coefficient (Wildman–Crippen LogP) is 1.88. The fraction of sp³-hybridized carbons (Fsp3) is 0.125. The maximum absolute atomic E-state index is 12.7. The fourth-order valence-corrected chi connectivity index (χ4v) is 2.25. The third-order valence-corrected chi connectivity index (χ3v) is 3.34. The van der Waals surface area contributed by atoms with Crippen LogP contribution in [0.2, 0.25) is 0 Å². The van der Waals surface area contributed by atoms with Crippen molar-refractivity contribution in [1.82, 2.24) is 19.7 Å². The van der Waals surface area contributed by atoms with Crippen LogP contribution in [-0.2, 0) is 6.54 Å². The summed E-state index contributed by atoms with van der Waals surface area (Å²) in [6.07, 6.45) is 4.65. The van der Waals surface area contributed by atoms with E-state index in [1.807, 2.05) is 13.0 Å². The fourth-order valence-electron chi connectivity index (χ4n) is 2.25. The number of hydrogen-bond donors (Lipinski definition) is 1. The number of aromatic amines is 1. The average Bonchev–Trinajstić information content (AvgIpc) is 2.92. The number of H-pyrrole nitrogens is 1. The second-order valence-corrected chi connectivity index (χ2v) is 4.70. The van der Waals surface area contributed by atoms with Crippen molar-refractivity contribution in [2.75, 3.05) is 0 Å². The first-order chi connectivity index (χ1) is 10.7. The molecule has 110 valence electrons. The largest absolute Gasteiger partial charge is 0.293 e. The van der Waals surface area contributed by atoms with Gasteiger partial charge in [0, 0.05) is 30.7 Å². The van der Waals surface area contributed by atoms with Crippen molar-refractivity contribution < 1.29 is 4.79 Å². The third kappa shape index (κ3) is 2.35. The first kappa shape index (κ1) is 13.9. The van der Waals surface area contributed by atoms with Crippen molar-refractivity contribution in [2.45, 2.75) is 13.5 Å². The molecule has 0 unspecified atom stereocenters. The van der Waals surface area contributed by atoms with Crippen LogP contribution >= 0.6 is 0 Å². The molecule has 0 amide bonds. The van der Waals surface area contributed by atoms with Crippen molar-refractivity contribution in [3.05, 3.63) is 70.4 Å². The average molecular weight is 294 g/mol. The summed E-state index contributed by atoms with van der Waals surface area (Å²) in [5.74, 6) is -0.359. The molecule has 3 aromatic rings. The molecule has 0 aromatic carbocycles. The number of carbonyl (C=O) groups excluding carboxylic acids is 1. The van der Waals surface area contributed by atoms with Crippen LogP contribution < -0.4 is 5.56 Å². The van der Waals surface area contributed by atoms with Crippen LogP contribution in [0.25, 0.3) is 11.4 Å². The summed E-state index contributed by atoms with van der Waals surface area (Å²) in [5, 5.41) is 2.97. The molecule has 22 heavy (non-hydrogen) atoms. The quantitative estimate of drug-likeness (QED) is 0.745. The van der Waals surface area contributed by atoms with Gasteiger partial charge in [-0.15, -0.1) is 0 Å². The van der Waals surface area contributed by atoms with E-state index >= 15 is 0 Å². The second kappa shape index (κ2) is 5.77. The molecule has 0 fully saturated rings. The van der Waals surface area contributed by atoms with E-state index in [0.29, 0.717) is 23.5 Å². The molecule has 6 nitrogen and oxygen atoms in total. The van der Waals surface area contributed by atoms with Gasteiger partial charge in [0.1, 0.15) is 5.56 Å². The summed E-state index contributed by atoms with van der Waals surface area (Å²) in [4.78, 5) is 33.3. The van der Waals surface area contributed by atoms with Gasteiger partial charge in [-0.3, -0.25) is 29.3 Å². The number of aryl methyl sites for hydroxylation is 1. The summed E-state index contributed by atoms with van der Waals surface area (Å²) in [7, 11) is 0. The molecule has 6 heteroatoms. The normalized spacial score (nSPS) is 10.6. The van der Waals surface area contributed by atoms with Crippen LogP contribution in [0, 0.1) is 0 Å². The van der Waals surface area contributed by atoms with Crippen molar-refractivity contribution in [3.8, 4) is 11.4 Å². The highest BCUT2D eigenvalue weighted by molar-refractivity contribution is 6.11. The van der Waals surface area contributed by atoms with Crippen molar-refractivity contribution >= 4 is 5.78 Å². The van der Waals surface area contributed by atoms with Crippen LogP contribution in [0.1, 0.15) is 22.8 Å². The number of carbonyl (C=O) groups is 1. The molecule has 0 aliphatic carbocycles. The lowest BCUT2D eigenvalue weighted by molar-refractivity contribution is 0.103. The van der Waals surface area contributed by atoms with Gasteiger partial charge in [-0.25, -0.2) is 0 Å². The molecule has 0 aliphatic heterocycles. The van der Waals surface area contributed by atoms with Crippen LogP contribution in [0.4, 0.5) is 0 Å². The van der Waals surface area contributed by atoms with Crippen LogP contribution in [-0.4, -0.2) is 25.5 Å². The van der Waals surface area contributed by atoms with Gasteiger partial charge in [-0.05, 0) is 31.2 Å². The number of nitrogens with one attached hydrogen (secondary N) is 1. The van der Waals surface area contributed by atoms with E-state index in [0.717, 1.165) is 0 Å². The Morgan fingerprint density at radius 3 is 2.73 bits per heavy atom. The number of rotatable bonds is 4. The van der Waals surface area contributed by atoms with Gasteiger partial charge < -0.3 is 0 Å². The molecule has 0 atom stereocenters. The minimum absolute atomic E-state index is 0.0913. The van der Waals surface area contributed by atoms with Crippen molar-refractivity contribution in [1.29, 1.82) is 0 Å². The van der Waals surface area contributed by atoms with Gasteiger partial charge >= 0.3 is 0 Å². The number of ketones is 1. The molecule has 0 saturated heterocycles. The Balaban J connectivity index is 2.20. The maximum Gasteiger partial charge on any atom is 0.278 e. The van der Waals surface area contributed by atoms with E-state index in [4.69, 9.17) is 0 Å². The van der Waals surface area contributed by atoms with E-state index in [9.17, 15) is 9.59 Å². The van der Waals surface area contributed by atoms with Gasteiger partial charge in [-0.2, -0.15) is 0 Å². The van der Waals surface area contributed by atoms with Gasteiger partial charge in [0.2, 0.25) is 5.78 Å². The lowest BCUT2D eigenvalue weighted by Crippen LogP contribution is -2.21. The molecule has 0 aliphatic rings. The zero-order chi connectivity index (χ0) is 15.5. The SMILES string of the molecule is CCn1[nH]c(-c2ccccn2)c(C(=O)c2cccnc2)c1=O. The smallest absolute Gasteiger partial charge is 0.278 e. The number of nitrogens with zero attached hydrogens (tertiary/aromatic N) is 3. The third-order valence-electron chi connectivity index (χ3n) is 3.34. The first-order valence-electron chi connectivity index (χ1n) is 6.91. The molecule has 0 saturated carbocycles. The van der Waals surface area contributed by atoms with E-state index in [2.05, 4.69) is 15.1 Å². The van der Waals surface area contributed by atoms with Gasteiger partial charge in [0.15, 0.2) is 0 Å². The highest BCUT2D eigenvalue weighted by Gasteiger charge is 2.23. The van der Waals surface area contributed by atoms with E-state index in [1.54, 1.807) is 36.7 Å². The van der Waals surface area contributed by atoms with Gasteiger partial charge in [-0.1, -0.05) is 6.07 Å². The minimum Gasteiger partial charge on any atom is -0.293 e. The zero-order valence-electron chi connectivity index (χ0n) is 12.0. The molecule has 1 N–H and O–H groups in total. The van der Waals surface area contributed by atoms with E-state index in [-0.39, 0.29) is 16.9 Å². The summed E-state index contributed by atoms with van der Waals surface area (Å²) in [6.45, 7) is 2.28. The summed E-state index contributed by atoms with van der Waals surface area (Å²) < 4.78 is 1.40. The molecule has 0 bridgehead atoms. The highest BCUT2D eigenvalue weighted by atomic mass is 16.2. The van der Waals surface area contributed by atoms with Crippen LogP contribution in [0.5, 0.6) is 0 Å². The van der Waals surface area contributed by atoms with Crippen molar-refractivity contribution in [3.63, 3.8) is 0 Å². The van der Waals surface area contributed by atoms with Gasteiger partial charge in [0.25, 0.3) is 5.56 Å². The lowest BCUT2D eigenvalue weighted by atomic mass is 10.0. The highest BCUT2D eigenvalue weighted by Crippen LogP contribution is 2.19. The predicted molar refractivity (Wildman–Crippen MR) is 81.6 cm³/mol. The number of hydrogen-bond acceptors (Lipinski definition) is 4. The van der Waals surface area contributed by atoms with E-state index in [1.165, 1.54) is 10.9 Å². The maximum atomic E-state index is 12.7. The Labute approximate surface area is 126 Å². The molecule has 0 radical (unpaired) electrons. The summed E-state index contributed by atoms with van der Waals surface area (Å²) in [5.41, 5.74) is 1.10. The van der Waals surface area contributed by atoms with Crippen LogP contribution in [0.3, 0.4) is 0 Å². The molecule has 3 heterocycles. The first-order valence-corrected chi connectivity index (χ1v) is 6.91. The summed E-state index contributed by atoms with van der Waals surface area (Å²) >= 11 is 0. The Morgan fingerprint density at radius 2 is 2.09 bits per heavy atom. The van der Waals surface area contributed by atoms with Crippen LogP contribution in [0.15, 0.2) is 53.7 Å². The Hall–Kier alpha value is -3.02. The Bertz CT molecular complexity index is 851. The number of pyridine rings is 2. The molecule has 3 aromatic heterocycles. The Morgan fingerprint density at radius 1 is 1.23 bits per heavy atom. The van der Waals surface area contributed by atoms with Gasteiger partial charge in [0.05, 0.1) is 11.4 Å². The number of aromatic nitrogens is 4. The molecule has 0 spiro atoms. The minimum atomic E-state index is -0.359. The zero-order valence-corrected chi connectivity index (χ0v) is 12.0. The summed E-state index contributed by atoms with van der Waals surface area (Å²) in [6, 6.07) is 8.65. The van der Waals surface area contributed by atoms with E-state index < -0.39 is 0 Å². The van der Waals surface area contributed by atoms with Crippen molar-refractivity contribution in [2.24, 2.45) is 0 Å². The standard InChI is InChI=1S/C16H14N4O2/c1-2-20-16(22)13(15(21)11-6-5-8-17-10-11)14(19-20)12-7-3-4-9-18-12/h3-10,19H,2H2,1H3. The monoisotopic (exact) mass is 294 g/mol.